The quantitative estimate of drug-likeness (QED) is 0.753. The summed E-state index contributed by atoms with van der Waals surface area (Å²) in [5.74, 6) is 0.990. The van der Waals surface area contributed by atoms with Gasteiger partial charge in [0.2, 0.25) is 0 Å². The Morgan fingerprint density at radius 3 is 2.61 bits per heavy atom. The van der Waals surface area contributed by atoms with E-state index in [9.17, 15) is 0 Å². The maximum absolute atomic E-state index is 5.50. The van der Waals surface area contributed by atoms with E-state index in [0.29, 0.717) is 6.04 Å². The van der Waals surface area contributed by atoms with E-state index in [-0.39, 0.29) is 0 Å². The molecule has 102 valence electrons. The molecule has 1 N–H and O–H groups in total. The van der Waals surface area contributed by atoms with Crippen LogP contribution in [0, 0.1) is 6.92 Å². The Bertz CT molecular complexity index is 364. The first-order valence-corrected chi connectivity index (χ1v) is 6.55. The highest BCUT2D eigenvalue weighted by Crippen LogP contribution is 2.32. The SMILES string of the molecule is CNCCCC(c1cc(C)ccc1OC)N(C)C. The number of nitrogens with one attached hydrogen (secondary N) is 1. The zero-order chi connectivity index (χ0) is 13.5. The molecule has 0 bridgehead atoms. The highest BCUT2D eigenvalue weighted by atomic mass is 16.5. The molecule has 0 fully saturated rings. The molecule has 18 heavy (non-hydrogen) atoms. The summed E-state index contributed by atoms with van der Waals surface area (Å²) in [4.78, 5) is 2.27. The summed E-state index contributed by atoms with van der Waals surface area (Å²) in [7, 11) is 8.00. The molecule has 0 aliphatic carbocycles. The summed E-state index contributed by atoms with van der Waals surface area (Å²) in [5, 5.41) is 3.20. The normalized spacial score (nSPS) is 12.8. The van der Waals surface area contributed by atoms with E-state index in [0.717, 1.165) is 25.1 Å². The molecule has 0 radical (unpaired) electrons. The van der Waals surface area contributed by atoms with Crippen molar-refractivity contribution in [2.45, 2.75) is 25.8 Å². The lowest BCUT2D eigenvalue weighted by Crippen LogP contribution is -2.22. The Kier molecular flexibility index (Phi) is 6.16. The third-order valence-electron chi connectivity index (χ3n) is 3.27. The van der Waals surface area contributed by atoms with Crippen molar-refractivity contribution in [1.29, 1.82) is 0 Å². The minimum Gasteiger partial charge on any atom is -0.496 e. The van der Waals surface area contributed by atoms with Gasteiger partial charge in [0, 0.05) is 11.6 Å². The summed E-state index contributed by atoms with van der Waals surface area (Å²) in [5.41, 5.74) is 2.57. The maximum Gasteiger partial charge on any atom is 0.123 e. The van der Waals surface area contributed by atoms with Gasteiger partial charge in [-0.25, -0.2) is 0 Å². The molecule has 1 rings (SSSR count). The molecular weight excluding hydrogens is 224 g/mol. The molecule has 0 aliphatic rings. The van der Waals surface area contributed by atoms with Gasteiger partial charge in [-0.05, 0) is 53.5 Å². The predicted octanol–water partition coefficient (Wildman–Crippen LogP) is 2.61. The van der Waals surface area contributed by atoms with E-state index >= 15 is 0 Å². The average Bonchev–Trinajstić information content (AvgIpc) is 2.34. The van der Waals surface area contributed by atoms with Crippen LogP contribution in [0.4, 0.5) is 0 Å². The van der Waals surface area contributed by atoms with E-state index in [4.69, 9.17) is 4.74 Å². The highest BCUT2D eigenvalue weighted by Gasteiger charge is 2.18. The second-order valence-electron chi connectivity index (χ2n) is 4.97. The molecule has 0 saturated carbocycles. The monoisotopic (exact) mass is 250 g/mol. The third-order valence-corrected chi connectivity index (χ3v) is 3.27. The van der Waals surface area contributed by atoms with Crippen LogP contribution in [0.25, 0.3) is 0 Å². The Morgan fingerprint density at radius 1 is 1.33 bits per heavy atom. The van der Waals surface area contributed by atoms with Crippen molar-refractivity contribution in [2.75, 3.05) is 34.8 Å². The van der Waals surface area contributed by atoms with Crippen LogP contribution < -0.4 is 10.1 Å². The van der Waals surface area contributed by atoms with Gasteiger partial charge in [0.05, 0.1) is 7.11 Å². The summed E-state index contributed by atoms with van der Waals surface area (Å²) in [6, 6.07) is 6.82. The van der Waals surface area contributed by atoms with Gasteiger partial charge in [0.15, 0.2) is 0 Å². The van der Waals surface area contributed by atoms with Gasteiger partial charge in [-0.15, -0.1) is 0 Å². The summed E-state index contributed by atoms with van der Waals surface area (Å²) >= 11 is 0. The molecule has 0 spiro atoms. The first kappa shape index (κ1) is 15.0. The summed E-state index contributed by atoms with van der Waals surface area (Å²) < 4.78 is 5.50. The minimum absolute atomic E-state index is 0.410. The molecule has 1 aromatic rings. The Balaban J connectivity index is 2.93. The summed E-state index contributed by atoms with van der Waals surface area (Å²) in [6.45, 7) is 3.18. The van der Waals surface area contributed by atoms with Crippen LogP contribution in [0.1, 0.15) is 30.0 Å². The average molecular weight is 250 g/mol. The zero-order valence-corrected chi connectivity index (χ0v) is 12.3. The van der Waals surface area contributed by atoms with E-state index in [1.54, 1.807) is 7.11 Å². The maximum atomic E-state index is 5.50. The van der Waals surface area contributed by atoms with Crippen molar-refractivity contribution in [2.24, 2.45) is 0 Å². The van der Waals surface area contributed by atoms with E-state index in [2.05, 4.69) is 49.4 Å². The molecular formula is C15H26N2O. The molecule has 0 saturated heterocycles. The third kappa shape index (κ3) is 4.00. The number of methoxy groups -OCH3 is 1. The molecule has 0 amide bonds. The molecule has 3 nitrogen and oxygen atoms in total. The standard InChI is InChI=1S/C15H26N2O/c1-12-8-9-15(18-5)13(11-12)14(17(3)4)7-6-10-16-2/h8-9,11,14,16H,6-7,10H2,1-5H3. The number of hydrogen-bond acceptors (Lipinski definition) is 3. The van der Waals surface area contributed by atoms with Crippen LogP contribution in [0.5, 0.6) is 5.75 Å². The van der Waals surface area contributed by atoms with Gasteiger partial charge in [-0.2, -0.15) is 0 Å². The predicted molar refractivity (Wildman–Crippen MR) is 77.3 cm³/mol. The lowest BCUT2D eigenvalue weighted by atomic mass is 9.98. The van der Waals surface area contributed by atoms with Gasteiger partial charge in [0.25, 0.3) is 0 Å². The molecule has 0 heterocycles. The first-order valence-electron chi connectivity index (χ1n) is 6.55. The van der Waals surface area contributed by atoms with Crippen LogP contribution >= 0.6 is 0 Å². The molecule has 3 heteroatoms. The number of benzene rings is 1. The minimum atomic E-state index is 0.410. The zero-order valence-electron chi connectivity index (χ0n) is 12.3. The Morgan fingerprint density at radius 2 is 2.06 bits per heavy atom. The van der Waals surface area contributed by atoms with E-state index < -0.39 is 0 Å². The lowest BCUT2D eigenvalue weighted by Gasteiger charge is -2.26. The van der Waals surface area contributed by atoms with Crippen molar-refractivity contribution < 1.29 is 4.74 Å². The van der Waals surface area contributed by atoms with Crippen molar-refractivity contribution in [3.8, 4) is 5.75 Å². The van der Waals surface area contributed by atoms with E-state index in [1.807, 2.05) is 7.05 Å². The van der Waals surface area contributed by atoms with Crippen molar-refractivity contribution >= 4 is 0 Å². The van der Waals surface area contributed by atoms with Crippen LogP contribution in [0.3, 0.4) is 0 Å². The molecule has 1 unspecified atom stereocenters. The largest absolute Gasteiger partial charge is 0.496 e. The Hall–Kier alpha value is -1.06. The van der Waals surface area contributed by atoms with Crippen LogP contribution in [-0.4, -0.2) is 39.7 Å². The molecule has 1 atom stereocenters. The fourth-order valence-electron chi connectivity index (χ4n) is 2.28. The van der Waals surface area contributed by atoms with Gasteiger partial charge in [0.1, 0.15) is 5.75 Å². The van der Waals surface area contributed by atoms with Crippen LogP contribution in [0.15, 0.2) is 18.2 Å². The fourth-order valence-corrected chi connectivity index (χ4v) is 2.28. The number of nitrogens with zero attached hydrogens (tertiary/aromatic N) is 1. The van der Waals surface area contributed by atoms with E-state index in [1.165, 1.54) is 11.1 Å². The van der Waals surface area contributed by atoms with Gasteiger partial charge in [-0.1, -0.05) is 17.7 Å². The summed E-state index contributed by atoms with van der Waals surface area (Å²) in [6.07, 6.45) is 2.30. The topological polar surface area (TPSA) is 24.5 Å². The van der Waals surface area contributed by atoms with Crippen LogP contribution in [-0.2, 0) is 0 Å². The lowest BCUT2D eigenvalue weighted by molar-refractivity contribution is 0.270. The molecule has 0 aliphatic heterocycles. The van der Waals surface area contributed by atoms with Crippen molar-refractivity contribution in [3.05, 3.63) is 29.3 Å². The highest BCUT2D eigenvalue weighted by molar-refractivity contribution is 5.39. The van der Waals surface area contributed by atoms with Crippen molar-refractivity contribution in [3.63, 3.8) is 0 Å². The van der Waals surface area contributed by atoms with Gasteiger partial charge >= 0.3 is 0 Å². The second-order valence-corrected chi connectivity index (χ2v) is 4.97. The smallest absolute Gasteiger partial charge is 0.123 e. The fraction of sp³-hybridized carbons (Fsp3) is 0.600. The number of aryl methyl sites for hydroxylation is 1. The molecule has 0 aromatic heterocycles. The van der Waals surface area contributed by atoms with Gasteiger partial charge in [-0.3, -0.25) is 0 Å². The Labute approximate surface area is 111 Å². The first-order chi connectivity index (χ1) is 8.60. The second kappa shape index (κ2) is 7.39. The number of ether oxygens (including phenoxy) is 1. The number of rotatable bonds is 7. The van der Waals surface area contributed by atoms with Gasteiger partial charge < -0.3 is 15.0 Å². The molecule has 1 aromatic carbocycles. The van der Waals surface area contributed by atoms with Crippen LogP contribution in [0.2, 0.25) is 0 Å². The van der Waals surface area contributed by atoms with Crippen molar-refractivity contribution in [1.82, 2.24) is 10.2 Å². The number of hydrogen-bond donors (Lipinski definition) is 1.